The van der Waals surface area contributed by atoms with Crippen LogP contribution < -0.4 is 5.32 Å². The average molecular weight is 412 g/mol. The molecule has 0 heterocycles. The first-order valence-electron chi connectivity index (χ1n) is 10.1. The predicted molar refractivity (Wildman–Crippen MR) is 116 cm³/mol. The molecule has 0 bridgehead atoms. The molecule has 2 amide bonds. The third kappa shape index (κ3) is 6.69. The summed E-state index contributed by atoms with van der Waals surface area (Å²) in [5.41, 5.74) is 1.30. The van der Waals surface area contributed by atoms with Crippen molar-refractivity contribution in [1.29, 1.82) is 0 Å². The number of carbonyl (C=O) groups is 2. The lowest BCUT2D eigenvalue weighted by Crippen LogP contribution is -2.49. The minimum atomic E-state index is -0.678. The first-order valence-corrected chi connectivity index (χ1v) is 10.1. The minimum Gasteiger partial charge on any atom is -0.354 e. The van der Waals surface area contributed by atoms with Gasteiger partial charge in [0, 0.05) is 24.7 Å². The Labute approximate surface area is 177 Å². The van der Waals surface area contributed by atoms with E-state index < -0.39 is 11.0 Å². The van der Waals surface area contributed by atoms with Gasteiger partial charge in [0.1, 0.15) is 6.04 Å². The van der Waals surface area contributed by atoms with E-state index in [-0.39, 0.29) is 23.9 Å². The van der Waals surface area contributed by atoms with Crippen LogP contribution in [0.1, 0.15) is 31.9 Å². The van der Waals surface area contributed by atoms with Gasteiger partial charge in [0.25, 0.3) is 5.69 Å². The summed E-state index contributed by atoms with van der Waals surface area (Å²) in [5.74, 6) is -0.248. The van der Waals surface area contributed by atoms with Crippen molar-refractivity contribution in [3.8, 4) is 0 Å². The highest BCUT2D eigenvalue weighted by Crippen LogP contribution is 2.19. The second-order valence-corrected chi connectivity index (χ2v) is 7.70. The number of para-hydroxylation sites is 1. The molecule has 0 aliphatic rings. The SMILES string of the molecule is CC(C)CNC(=O)C(C)N(CCc1ccccc1)C(=O)Cc1ccccc1[N+](=O)[O-]. The molecule has 30 heavy (non-hydrogen) atoms. The average Bonchev–Trinajstić information content (AvgIpc) is 2.72. The molecule has 0 aliphatic heterocycles. The second-order valence-electron chi connectivity index (χ2n) is 7.70. The molecule has 0 radical (unpaired) electrons. The molecule has 1 N–H and O–H groups in total. The Kier molecular flexibility index (Phi) is 8.53. The molecule has 2 aromatic rings. The van der Waals surface area contributed by atoms with Gasteiger partial charge < -0.3 is 10.2 Å². The van der Waals surface area contributed by atoms with Crippen molar-refractivity contribution >= 4 is 17.5 Å². The molecular weight excluding hydrogens is 382 g/mol. The Bertz CT molecular complexity index is 868. The largest absolute Gasteiger partial charge is 0.354 e. The Morgan fingerprint density at radius 2 is 1.67 bits per heavy atom. The molecule has 1 unspecified atom stereocenters. The summed E-state index contributed by atoms with van der Waals surface area (Å²) in [5, 5.41) is 14.2. The van der Waals surface area contributed by atoms with E-state index in [9.17, 15) is 19.7 Å². The van der Waals surface area contributed by atoms with Gasteiger partial charge in [-0.1, -0.05) is 62.4 Å². The molecule has 2 rings (SSSR count). The third-order valence-corrected chi connectivity index (χ3v) is 4.87. The predicted octanol–water partition coefficient (Wildman–Crippen LogP) is 3.37. The normalized spacial score (nSPS) is 11.7. The maximum Gasteiger partial charge on any atom is 0.273 e. The molecule has 1 atom stereocenters. The Hall–Kier alpha value is -3.22. The first kappa shape index (κ1) is 23.1. The number of carbonyl (C=O) groups excluding carboxylic acids is 2. The minimum absolute atomic E-state index is 0.0919. The van der Waals surface area contributed by atoms with Gasteiger partial charge in [-0.2, -0.15) is 0 Å². The summed E-state index contributed by atoms with van der Waals surface area (Å²) in [6.07, 6.45) is 0.457. The van der Waals surface area contributed by atoms with Crippen LogP contribution in [0.5, 0.6) is 0 Å². The molecule has 7 heteroatoms. The standard InChI is InChI=1S/C23H29N3O4/c1-17(2)16-24-23(28)18(3)25(14-13-19-9-5-4-6-10-19)22(27)15-20-11-7-8-12-21(20)26(29)30/h4-12,17-18H,13-16H2,1-3H3,(H,24,28). The lowest BCUT2D eigenvalue weighted by molar-refractivity contribution is -0.385. The number of hydrogen-bond donors (Lipinski definition) is 1. The van der Waals surface area contributed by atoms with E-state index >= 15 is 0 Å². The van der Waals surface area contributed by atoms with E-state index in [1.807, 2.05) is 44.2 Å². The van der Waals surface area contributed by atoms with Crippen LogP contribution in [0.4, 0.5) is 5.69 Å². The van der Waals surface area contributed by atoms with Gasteiger partial charge in [-0.3, -0.25) is 19.7 Å². The Morgan fingerprint density at radius 1 is 1.03 bits per heavy atom. The molecule has 2 aromatic carbocycles. The molecule has 7 nitrogen and oxygen atoms in total. The van der Waals surface area contributed by atoms with E-state index in [0.717, 1.165) is 5.56 Å². The number of benzene rings is 2. The van der Waals surface area contributed by atoms with E-state index in [4.69, 9.17) is 0 Å². The number of nitrogens with zero attached hydrogens (tertiary/aromatic N) is 2. The highest BCUT2D eigenvalue weighted by atomic mass is 16.6. The summed E-state index contributed by atoms with van der Waals surface area (Å²) in [4.78, 5) is 38.0. The Balaban J connectivity index is 2.19. The topological polar surface area (TPSA) is 92.6 Å². The summed E-state index contributed by atoms with van der Waals surface area (Å²) in [6.45, 7) is 6.56. The van der Waals surface area contributed by atoms with E-state index in [0.29, 0.717) is 31.0 Å². The second kappa shape index (κ2) is 11.1. The molecular formula is C23H29N3O4. The van der Waals surface area contributed by atoms with Gasteiger partial charge in [0.2, 0.25) is 11.8 Å². The molecule has 0 saturated carbocycles. The van der Waals surface area contributed by atoms with E-state index in [1.54, 1.807) is 25.1 Å². The van der Waals surface area contributed by atoms with Crippen molar-refractivity contribution < 1.29 is 14.5 Å². The van der Waals surface area contributed by atoms with Crippen molar-refractivity contribution in [2.24, 2.45) is 5.92 Å². The fraction of sp³-hybridized carbons (Fsp3) is 0.391. The number of hydrogen-bond acceptors (Lipinski definition) is 4. The maximum atomic E-state index is 13.1. The zero-order chi connectivity index (χ0) is 22.1. The number of nitrogens with one attached hydrogen (secondary N) is 1. The van der Waals surface area contributed by atoms with Gasteiger partial charge in [0.15, 0.2) is 0 Å². The summed E-state index contributed by atoms with van der Waals surface area (Å²) >= 11 is 0. The zero-order valence-electron chi connectivity index (χ0n) is 17.7. The quantitative estimate of drug-likeness (QED) is 0.479. The molecule has 0 spiro atoms. The highest BCUT2D eigenvalue weighted by molar-refractivity contribution is 5.88. The van der Waals surface area contributed by atoms with Crippen LogP contribution in [0.2, 0.25) is 0 Å². The smallest absolute Gasteiger partial charge is 0.273 e. The summed E-state index contributed by atoms with van der Waals surface area (Å²) in [7, 11) is 0. The Morgan fingerprint density at radius 3 is 2.30 bits per heavy atom. The zero-order valence-corrected chi connectivity index (χ0v) is 17.7. The van der Waals surface area contributed by atoms with Gasteiger partial charge >= 0.3 is 0 Å². The maximum absolute atomic E-state index is 13.1. The van der Waals surface area contributed by atoms with Crippen LogP contribution in [-0.2, 0) is 22.4 Å². The van der Waals surface area contributed by atoms with Crippen molar-refractivity contribution in [1.82, 2.24) is 10.2 Å². The van der Waals surface area contributed by atoms with Gasteiger partial charge in [-0.15, -0.1) is 0 Å². The third-order valence-electron chi connectivity index (χ3n) is 4.87. The van der Waals surface area contributed by atoms with Crippen molar-refractivity contribution in [3.63, 3.8) is 0 Å². The molecule has 0 fully saturated rings. The number of rotatable bonds is 10. The highest BCUT2D eigenvalue weighted by Gasteiger charge is 2.27. The van der Waals surface area contributed by atoms with E-state index in [2.05, 4.69) is 5.32 Å². The molecule has 160 valence electrons. The van der Waals surface area contributed by atoms with E-state index in [1.165, 1.54) is 11.0 Å². The number of nitro benzene ring substituents is 1. The van der Waals surface area contributed by atoms with Gasteiger partial charge in [0.05, 0.1) is 11.3 Å². The number of nitro groups is 1. The molecule has 0 aromatic heterocycles. The van der Waals surface area contributed by atoms with Crippen LogP contribution in [0.25, 0.3) is 0 Å². The van der Waals surface area contributed by atoms with Gasteiger partial charge in [-0.05, 0) is 24.8 Å². The van der Waals surface area contributed by atoms with Crippen molar-refractivity contribution in [3.05, 3.63) is 75.8 Å². The first-order chi connectivity index (χ1) is 14.3. The summed E-state index contributed by atoms with van der Waals surface area (Å²) in [6, 6.07) is 15.2. The molecule has 0 saturated heterocycles. The van der Waals surface area contributed by atoms with Crippen LogP contribution in [0.3, 0.4) is 0 Å². The fourth-order valence-corrected chi connectivity index (χ4v) is 3.13. The fourth-order valence-electron chi connectivity index (χ4n) is 3.13. The lowest BCUT2D eigenvalue weighted by atomic mass is 10.1. The summed E-state index contributed by atoms with van der Waals surface area (Å²) < 4.78 is 0. The molecule has 0 aliphatic carbocycles. The number of amides is 2. The van der Waals surface area contributed by atoms with Gasteiger partial charge in [-0.25, -0.2) is 0 Å². The van der Waals surface area contributed by atoms with Crippen molar-refractivity contribution in [2.75, 3.05) is 13.1 Å². The van der Waals surface area contributed by atoms with Crippen molar-refractivity contribution in [2.45, 2.75) is 39.7 Å². The lowest BCUT2D eigenvalue weighted by Gasteiger charge is -2.29. The van der Waals surface area contributed by atoms with Crippen LogP contribution in [-0.4, -0.2) is 40.8 Å². The monoisotopic (exact) mass is 411 g/mol. The van der Waals surface area contributed by atoms with Crippen LogP contribution >= 0.6 is 0 Å². The van der Waals surface area contributed by atoms with Crippen LogP contribution in [0.15, 0.2) is 54.6 Å². The van der Waals surface area contributed by atoms with Crippen LogP contribution in [0, 0.1) is 16.0 Å².